The van der Waals surface area contributed by atoms with E-state index in [9.17, 15) is 0 Å². The minimum absolute atomic E-state index is 0.987. The second-order valence-electron chi connectivity index (χ2n) is 8.88. The van der Waals surface area contributed by atoms with Crippen molar-refractivity contribution in [1.29, 1.82) is 0 Å². The van der Waals surface area contributed by atoms with Crippen LogP contribution in [0.15, 0.2) is 60.9 Å². The van der Waals surface area contributed by atoms with Crippen molar-refractivity contribution < 1.29 is 0 Å². The van der Waals surface area contributed by atoms with E-state index >= 15 is 0 Å². The molecule has 0 aliphatic heterocycles. The summed E-state index contributed by atoms with van der Waals surface area (Å²) in [5, 5.41) is 0. The average molecular weight is 433 g/mol. The van der Waals surface area contributed by atoms with Crippen molar-refractivity contribution >= 4 is 5.69 Å². The number of aromatic nitrogens is 3. The van der Waals surface area contributed by atoms with Crippen LogP contribution in [0.5, 0.6) is 0 Å². The van der Waals surface area contributed by atoms with Gasteiger partial charge in [-0.2, -0.15) is 0 Å². The van der Waals surface area contributed by atoms with Crippen LogP contribution in [0, 0.1) is 0 Å². The van der Waals surface area contributed by atoms with Crippen LogP contribution in [0.2, 0.25) is 0 Å². The van der Waals surface area contributed by atoms with E-state index in [2.05, 4.69) is 61.2 Å². The molecule has 0 unspecified atom stereocenters. The highest BCUT2D eigenvalue weighted by atomic mass is 15.1. The molecule has 2 aliphatic rings. The van der Waals surface area contributed by atoms with Gasteiger partial charge in [-0.3, -0.25) is 9.97 Å². The molecule has 164 valence electrons. The van der Waals surface area contributed by atoms with E-state index in [-0.39, 0.29) is 0 Å². The fraction of sp³-hybridized carbons (Fsp3) is 0.276. The quantitative estimate of drug-likeness (QED) is 0.402. The normalized spacial score (nSPS) is 13.5. The molecule has 3 aromatic heterocycles. The Morgan fingerprint density at radius 2 is 1.27 bits per heavy atom. The van der Waals surface area contributed by atoms with Gasteiger partial charge in [0.15, 0.2) is 0 Å². The van der Waals surface area contributed by atoms with E-state index < -0.39 is 0 Å². The SMILES string of the molecule is CCN(CC)c1ccc(-c2nc3c(c4c2CCc2cccnc2-4)CCc2cccnc2-3)cc1. The third-order valence-corrected chi connectivity index (χ3v) is 7.20. The van der Waals surface area contributed by atoms with E-state index in [1.807, 2.05) is 18.5 Å². The zero-order valence-corrected chi connectivity index (χ0v) is 19.3. The first kappa shape index (κ1) is 20.1. The van der Waals surface area contributed by atoms with Crippen molar-refractivity contribution in [2.24, 2.45) is 0 Å². The molecule has 4 aromatic rings. The van der Waals surface area contributed by atoms with E-state index in [0.29, 0.717) is 0 Å². The first-order chi connectivity index (χ1) is 16.3. The molecule has 33 heavy (non-hydrogen) atoms. The number of fused-ring (bicyclic) bond motifs is 7. The maximum Gasteiger partial charge on any atom is 0.0935 e. The second kappa shape index (κ2) is 8.11. The highest BCUT2D eigenvalue weighted by Gasteiger charge is 2.30. The van der Waals surface area contributed by atoms with Gasteiger partial charge >= 0.3 is 0 Å². The molecule has 0 radical (unpaired) electrons. The molecule has 0 N–H and O–H groups in total. The van der Waals surface area contributed by atoms with E-state index in [1.165, 1.54) is 39.1 Å². The van der Waals surface area contributed by atoms with Gasteiger partial charge in [-0.15, -0.1) is 0 Å². The first-order valence-corrected chi connectivity index (χ1v) is 12.1. The molecule has 0 saturated carbocycles. The Morgan fingerprint density at radius 3 is 1.94 bits per heavy atom. The van der Waals surface area contributed by atoms with Gasteiger partial charge in [0, 0.05) is 42.3 Å². The standard InChI is InChI=1S/C29H28N4/c1-3-33(4-2)22-13-9-21(10-14-22)26-23-15-11-19-7-5-17-30-27(19)25(23)24-16-12-20-8-6-18-31-28(20)29(24)32-26/h5-10,13-14,17-18H,3-4,11-12,15-16H2,1-2H3. The highest BCUT2D eigenvalue weighted by molar-refractivity contribution is 5.86. The number of nitrogens with zero attached hydrogens (tertiary/aromatic N) is 4. The number of hydrogen-bond donors (Lipinski definition) is 0. The van der Waals surface area contributed by atoms with Crippen LogP contribution in [0.25, 0.3) is 33.9 Å². The molecule has 4 heteroatoms. The van der Waals surface area contributed by atoms with Crippen LogP contribution < -0.4 is 4.90 Å². The lowest BCUT2D eigenvalue weighted by Crippen LogP contribution is -2.21. The van der Waals surface area contributed by atoms with Gasteiger partial charge < -0.3 is 4.90 Å². The lowest BCUT2D eigenvalue weighted by molar-refractivity contribution is 0.866. The van der Waals surface area contributed by atoms with Crippen molar-refractivity contribution in [1.82, 2.24) is 15.0 Å². The molecule has 0 atom stereocenters. The van der Waals surface area contributed by atoms with Crippen molar-refractivity contribution in [2.45, 2.75) is 39.5 Å². The molecular formula is C29H28N4. The van der Waals surface area contributed by atoms with Gasteiger partial charge in [0.25, 0.3) is 0 Å². The molecule has 6 rings (SSSR count). The molecule has 0 amide bonds. The van der Waals surface area contributed by atoms with Crippen LogP contribution in [-0.2, 0) is 25.7 Å². The van der Waals surface area contributed by atoms with Crippen LogP contribution in [0.3, 0.4) is 0 Å². The van der Waals surface area contributed by atoms with Crippen molar-refractivity contribution in [3.63, 3.8) is 0 Å². The summed E-state index contributed by atoms with van der Waals surface area (Å²) in [5.74, 6) is 0. The zero-order chi connectivity index (χ0) is 22.4. The van der Waals surface area contributed by atoms with Crippen LogP contribution >= 0.6 is 0 Å². The van der Waals surface area contributed by atoms with E-state index in [1.54, 1.807) is 0 Å². The third kappa shape index (κ3) is 3.24. The maximum atomic E-state index is 5.32. The summed E-state index contributed by atoms with van der Waals surface area (Å²) in [7, 11) is 0. The fourth-order valence-corrected chi connectivity index (χ4v) is 5.53. The summed E-state index contributed by atoms with van der Waals surface area (Å²) < 4.78 is 0. The van der Waals surface area contributed by atoms with Crippen LogP contribution in [0.1, 0.15) is 36.1 Å². The molecule has 0 fully saturated rings. The number of rotatable bonds is 4. The molecule has 1 aromatic carbocycles. The van der Waals surface area contributed by atoms with Crippen molar-refractivity contribution in [2.75, 3.05) is 18.0 Å². The molecule has 0 spiro atoms. The number of aryl methyl sites for hydroxylation is 2. The Kier molecular flexibility index (Phi) is 4.94. The monoisotopic (exact) mass is 432 g/mol. The molecule has 2 aliphatic carbocycles. The largest absolute Gasteiger partial charge is 0.372 e. The predicted molar refractivity (Wildman–Crippen MR) is 135 cm³/mol. The van der Waals surface area contributed by atoms with E-state index in [0.717, 1.165) is 61.5 Å². The Labute approximate surface area is 195 Å². The first-order valence-electron chi connectivity index (χ1n) is 12.1. The van der Waals surface area contributed by atoms with Gasteiger partial charge in [0.05, 0.1) is 22.8 Å². The van der Waals surface area contributed by atoms with Gasteiger partial charge in [0.2, 0.25) is 0 Å². The molecule has 0 bridgehead atoms. The number of anilines is 1. The van der Waals surface area contributed by atoms with Crippen molar-refractivity contribution in [3.8, 4) is 33.9 Å². The van der Waals surface area contributed by atoms with Gasteiger partial charge in [0.1, 0.15) is 0 Å². The fourth-order valence-electron chi connectivity index (χ4n) is 5.53. The second-order valence-corrected chi connectivity index (χ2v) is 8.88. The summed E-state index contributed by atoms with van der Waals surface area (Å²) >= 11 is 0. The number of benzene rings is 1. The maximum absolute atomic E-state index is 5.32. The van der Waals surface area contributed by atoms with Crippen molar-refractivity contribution in [3.05, 3.63) is 83.2 Å². The minimum Gasteiger partial charge on any atom is -0.372 e. The van der Waals surface area contributed by atoms with Gasteiger partial charge in [-0.05, 0) is 86.1 Å². The Morgan fingerprint density at radius 1 is 0.667 bits per heavy atom. The summed E-state index contributed by atoms with van der Waals surface area (Å²) in [6.07, 6.45) is 7.81. The Hall–Kier alpha value is -3.53. The minimum atomic E-state index is 0.987. The smallest absolute Gasteiger partial charge is 0.0935 e. The lowest BCUT2D eigenvalue weighted by Gasteiger charge is -2.28. The summed E-state index contributed by atoms with van der Waals surface area (Å²) in [6, 6.07) is 17.4. The van der Waals surface area contributed by atoms with E-state index in [4.69, 9.17) is 15.0 Å². The molecule has 0 saturated heterocycles. The zero-order valence-electron chi connectivity index (χ0n) is 19.3. The van der Waals surface area contributed by atoms with Crippen LogP contribution in [-0.4, -0.2) is 28.0 Å². The number of pyridine rings is 3. The molecule has 3 heterocycles. The molecular weight excluding hydrogens is 404 g/mol. The molecule has 4 nitrogen and oxygen atoms in total. The third-order valence-electron chi connectivity index (χ3n) is 7.20. The summed E-state index contributed by atoms with van der Waals surface area (Å²) in [6.45, 7) is 6.42. The Balaban J connectivity index is 1.59. The Bertz CT molecular complexity index is 1340. The highest BCUT2D eigenvalue weighted by Crippen LogP contribution is 2.45. The number of hydrogen-bond acceptors (Lipinski definition) is 4. The summed E-state index contributed by atoms with van der Waals surface area (Å²) in [4.78, 5) is 17.3. The van der Waals surface area contributed by atoms with Crippen LogP contribution in [0.4, 0.5) is 5.69 Å². The predicted octanol–water partition coefficient (Wildman–Crippen LogP) is 5.92. The average Bonchev–Trinajstić information content (AvgIpc) is 2.89. The lowest BCUT2D eigenvalue weighted by atomic mass is 9.79. The topological polar surface area (TPSA) is 41.9 Å². The van der Waals surface area contributed by atoms with Gasteiger partial charge in [-0.1, -0.05) is 24.3 Å². The van der Waals surface area contributed by atoms with Gasteiger partial charge in [-0.25, -0.2) is 4.98 Å². The summed E-state index contributed by atoms with van der Waals surface area (Å²) in [5.41, 5.74) is 13.3.